The lowest BCUT2D eigenvalue weighted by molar-refractivity contribution is 0.102. The molecule has 0 aliphatic heterocycles. The number of hydrogen-bond donors (Lipinski definition) is 2. The van der Waals surface area contributed by atoms with E-state index in [1.165, 1.54) is 6.20 Å². The van der Waals surface area contributed by atoms with Crippen LogP contribution in [0.15, 0.2) is 33.3 Å². The summed E-state index contributed by atoms with van der Waals surface area (Å²) >= 11 is 6.61. The molecular formula is C11H6Br2N4O. The largest absolute Gasteiger partial charge is 0.306 e. The number of nitrogens with zero attached hydrogens (tertiary/aromatic N) is 2. The summed E-state index contributed by atoms with van der Waals surface area (Å²) in [5.41, 5.74) is 0.758. The molecule has 1 aromatic carbocycles. The van der Waals surface area contributed by atoms with E-state index in [4.69, 9.17) is 5.26 Å². The van der Waals surface area contributed by atoms with E-state index in [0.29, 0.717) is 10.0 Å². The molecule has 0 unspecified atom stereocenters. The van der Waals surface area contributed by atoms with Crippen molar-refractivity contribution in [3.05, 3.63) is 44.5 Å². The fourth-order valence-electron chi connectivity index (χ4n) is 1.32. The summed E-state index contributed by atoms with van der Waals surface area (Å²) in [5.74, 6) is -0.0348. The van der Waals surface area contributed by atoms with Gasteiger partial charge in [0, 0.05) is 8.95 Å². The molecule has 0 saturated carbocycles. The zero-order valence-electron chi connectivity index (χ0n) is 8.87. The fourth-order valence-corrected chi connectivity index (χ4v) is 2.55. The molecule has 0 radical (unpaired) electrons. The number of carbonyl (C=O) groups excluding carboxylic acids is 1. The molecule has 0 bridgehead atoms. The van der Waals surface area contributed by atoms with Crippen molar-refractivity contribution >= 4 is 43.6 Å². The number of hydrogen-bond acceptors (Lipinski definition) is 3. The molecule has 5 nitrogen and oxygen atoms in total. The van der Waals surface area contributed by atoms with Crippen LogP contribution in [0.2, 0.25) is 0 Å². The Labute approximate surface area is 119 Å². The van der Waals surface area contributed by atoms with Crippen molar-refractivity contribution < 1.29 is 4.79 Å². The van der Waals surface area contributed by atoms with Gasteiger partial charge in [-0.3, -0.25) is 9.89 Å². The Hall–Kier alpha value is -1.65. The molecule has 7 heteroatoms. The van der Waals surface area contributed by atoms with Crippen molar-refractivity contribution in [2.75, 3.05) is 5.32 Å². The Bertz CT molecular complexity index is 645. The minimum atomic E-state index is -0.324. The van der Waals surface area contributed by atoms with Crippen LogP contribution in [0.3, 0.4) is 0 Å². The second-order valence-electron chi connectivity index (χ2n) is 3.35. The average molecular weight is 370 g/mol. The molecule has 1 amide bonds. The highest BCUT2D eigenvalue weighted by Gasteiger charge is 2.13. The molecule has 1 heterocycles. The van der Waals surface area contributed by atoms with Gasteiger partial charge >= 0.3 is 0 Å². The van der Waals surface area contributed by atoms with Crippen LogP contribution in [0.1, 0.15) is 15.9 Å². The number of nitriles is 1. The second-order valence-corrected chi connectivity index (χ2v) is 5.12. The number of anilines is 1. The number of benzene rings is 1. The van der Waals surface area contributed by atoms with Crippen LogP contribution in [-0.4, -0.2) is 16.1 Å². The van der Waals surface area contributed by atoms with Gasteiger partial charge < -0.3 is 5.32 Å². The van der Waals surface area contributed by atoms with Crippen molar-refractivity contribution in [1.82, 2.24) is 10.2 Å². The van der Waals surface area contributed by atoms with Gasteiger partial charge in [-0.25, -0.2) is 0 Å². The van der Waals surface area contributed by atoms with Gasteiger partial charge in [-0.15, -0.1) is 0 Å². The molecule has 0 spiro atoms. The third-order valence-electron chi connectivity index (χ3n) is 2.17. The van der Waals surface area contributed by atoms with Crippen LogP contribution in [-0.2, 0) is 0 Å². The van der Waals surface area contributed by atoms with E-state index in [0.717, 1.165) is 4.47 Å². The fraction of sp³-hybridized carbons (Fsp3) is 0. The number of aromatic amines is 1. The number of aromatic nitrogens is 2. The highest BCUT2D eigenvalue weighted by Crippen LogP contribution is 2.23. The molecule has 0 aliphatic carbocycles. The Morgan fingerprint density at radius 3 is 2.89 bits per heavy atom. The number of amides is 1. The van der Waals surface area contributed by atoms with Crippen LogP contribution >= 0.6 is 31.9 Å². The first-order valence-electron chi connectivity index (χ1n) is 4.81. The third kappa shape index (κ3) is 2.60. The zero-order valence-corrected chi connectivity index (χ0v) is 12.0. The van der Waals surface area contributed by atoms with Gasteiger partial charge in [-0.1, -0.05) is 15.9 Å². The summed E-state index contributed by atoms with van der Waals surface area (Å²) in [4.78, 5) is 12.0. The predicted molar refractivity (Wildman–Crippen MR) is 73.1 cm³/mol. The maximum Gasteiger partial charge on any atom is 0.257 e. The molecular weight excluding hydrogens is 364 g/mol. The van der Waals surface area contributed by atoms with Gasteiger partial charge in [0.2, 0.25) is 0 Å². The highest BCUT2D eigenvalue weighted by molar-refractivity contribution is 9.11. The summed E-state index contributed by atoms with van der Waals surface area (Å²) in [6.45, 7) is 0. The van der Waals surface area contributed by atoms with E-state index in [1.54, 1.807) is 18.2 Å². The molecule has 0 atom stereocenters. The van der Waals surface area contributed by atoms with Gasteiger partial charge in [-0.05, 0) is 34.1 Å². The average Bonchev–Trinajstić information content (AvgIpc) is 2.76. The molecule has 2 aromatic rings. The normalized spacial score (nSPS) is 9.83. The van der Waals surface area contributed by atoms with Gasteiger partial charge in [-0.2, -0.15) is 10.4 Å². The van der Waals surface area contributed by atoms with Crippen LogP contribution in [0.4, 0.5) is 5.82 Å². The van der Waals surface area contributed by atoms with E-state index in [1.807, 2.05) is 6.07 Å². The first kappa shape index (κ1) is 12.8. The molecule has 2 rings (SSSR count). The number of halogens is 2. The van der Waals surface area contributed by atoms with E-state index in [9.17, 15) is 4.79 Å². The SMILES string of the molecule is N#Cc1cn[nH]c1NC(=O)c1ccc(Br)cc1Br. The molecule has 0 aliphatic rings. The third-order valence-corrected chi connectivity index (χ3v) is 3.32. The number of H-pyrrole nitrogens is 1. The summed E-state index contributed by atoms with van der Waals surface area (Å²) in [6, 6.07) is 7.13. The maximum absolute atomic E-state index is 12.0. The molecule has 1 aromatic heterocycles. The van der Waals surface area contributed by atoms with E-state index >= 15 is 0 Å². The predicted octanol–water partition coefficient (Wildman–Crippen LogP) is 3.06. The number of carbonyl (C=O) groups is 1. The van der Waals surface area contributed by atoms with E-state index < -0.39 is 0 Å². The smallest absolute Gasteiger partial charge is 0.257 e. The number of nitrogens with one attached hydrogen (secondary N) is 2. The van der Waals surface area contributed by atoms with Crippen LogP contribution in [0, 0.1) is 11.3 Å². The van der Waals surface area contributed by atoms with Crippen molar-refractivity contribution in [1.29, 1.82) is 5.26 Å². The van der Waals surface area contributed by atoms with Crippen molar-refractivity contribution in [2.24, 2.45) is 0 Å². The quantitative estimate of drug-likeness (QED) is 0.853. The van der Waals surface area contributed by atoms with Crippen LogP contribution < -0.4 is 5.32 Å². The molecule has 0 fully saturated rings. The van der Waals surface area contributed by atoms with Crippen molar-refractivity contribution in [3.8, 4) is 6.07 Å². The number of rotatable bonds is 2. The maximum atomic E-state index is 12.0. The van der Waals surface area contributed by atoms with Gasteiger partial charge in [0.25, 0.3) is 5.91 Å². The topological polar surface area (TPSA) is 81.6 Å². The standard InChI is InChI=1S/C11H6Br2N4O/c12-7-1-2-8(9(13)3-7)11(18)16-10-6(4-14)5-15-17-10/h1-3,5H,(H2,15,16,17,18). The summed E-state index contributed by atoms with van der Waals surface area (Å²) < 4.78 is 1.53. The van der Waals surface area contributed by atoms with Crippen LogP contribution in [0.5, 0.6) is 0 Å². The first-order chi connectivity index (χ1) is 8.61. The Morgan fingerprint density at radius 1 is 1.44 bits per heavy atom. The van der Waals surface area contributed by atoms with Crippen molar-refractivity contribution in [3.63, 3.8) is 0 Å². The van der Waals surface area contributed by atoms with E-state index in [2.05, 4.69) is 47.4 Å². The van der Waals surface area contributed by atoms with Gasteiger partial charge in [0.1, 0.15) is 17.5 Å². The Morgan fingerprint density at radius 2 is 2.22 bits per heavy atom. The van der Waals surface area contributed by atoms with Crippen LogP contribution in [0.25, 0.3) is 0 Å². The minimum Gasteiger partial charge on any atom is -0.306 e. The molecule has 18 heavy (non-hydrogen) atoms. The zero-order chi connectivity index (χ0) is 13.1. The molecule has 2 N–H and O–H groups in total. The summed E-state index contributed by atoms with van der Waals surface area (Å²) in [6.07, 6.45) is 1.35. The Kier molecular flexibility index (Phi) is 3.79. The van der Waals surface area contributed by atoms with Crippen molar-refractivity contribution in [2.45, 2.75) is 0 Å². The lowest BCUT2D eigenvalue weighted by Gasteiger charge is -2.05. The lowest BCUT2D eigenvalue weighted by atomic mass is 10.2. The highest BCUT2D eigenvalue weighted by atomic mass is 79.9. The monoisotopic (exact) mass is 368 g/mol. The molecule has 90 valence electrons. The summed E-state index contributed by atoms with van der Waals surface area (Å²) in [5, 5.41) is 17.7. The molecule has 0 saturated heterocycles. The lowest BCUT2D eigenvalue weighted by Crippen LogP contribution is -2.13. The minimum absolute atomic E-state index is 0.289. The van der Waals surface area contributed by atoms with Gasteiger partial charge in [0.15, 0.2) is 0 Å². The second kappa shape index (κ2) is 5.33. The Balaban J connectivity index is 2.25. The summed E-state index contributed by atoms with van der Waals surface area (Å²) in [7, 11) is 0. The van der Waals surface area contributed by atoms with E-state index in [-0.39, 0.29) is 17.3 Å². The van der Waals surface area contributed by atoms with Gasteiger partial charge in [0.05, 0.1) is 11.8 Å². The first-order valence-corrected chi connectivity index (χ1v) is 6.40.